The zero-order valence-electron chi connectivity index (χ0n) is 17.3. The highest BCUT2D eigenvalue weighted by atomic mass is 35.5. The molecule has 1 heterocycles. The van der Waals surface area contributed by atoms with Gasteiger partial charge in [-0.2, -0.15) is 5.01 Å². The molecule has 2 aromatic carbocycles. The van der Waals surface area contributed by atoms with Crippen molar-refractivity contribution >= 4 is 29.4 Å². The third-order valence-electron chi connectivity index (χ3n) is 5.83. The minimum Gasteiger partial charge on any atom is -0.318 e. The summed E-state index contributed by atoms with van der Waals surface area (Å²) in [4.78, 5) is 40.6. The van der Waals surface area contributed by atoms with Crippen LogP contribution in [-0.4, -0.2) is 40.3 Å². The smallest absolute Gasteiger partial charge is 0.318 e. The van der Waals surface area contributed by atoms with Gasteiger partial charge >= 0.3 is 6.03 Å². The summed E-state index contributed by atoms with van der Waals surface area (Å²) in [6.07, 6.45) is 2.42. The van der Waals surface area contributed by atoms with Crippen LogP contribution in [0.4, 0.5) is 4.79 Å². The molecule has 1 atom stereocenters. The van der Waals surface area contributed by atoms with Crippen LogP contribution in [0.1, 0.15) is 37.3 Å². The number of carbonyl (C=O) groups excluding carboxylic acids is 3. The van der Waals surface area contributed by atoms with Gasteiger partial charge in [-0.15, -0.1) is 0 Å². The highest BCUT2D eigenvalue weighted by Gasteiger charge is 2.52. The van der Waals surface area contributed by atoms with Crippen molar-refractivity contribution in [2.75, 3.05) is 6.54 Å². The summed E-state index contributed by atoms with van der Waals surface area (Å²) < 4.78 is 0. The second kappa shape index (κ2) is 8.69. The van der Waals surface area contributed by atoms with Gasteiger partial charge in [-0.1, -0.05) is 61.0 Å². The molecule has 0 aromatic heterocycles. The first-order valence-electron chi connectivity index (χ1n) is 10.4. The van der Waals surface area contributed by atoms with Crippen LogP contribution in [0, 0.1) is 0 Å². The molecule has 0 radical (unpaired) electrons. The summed E-state index contributed by atoms with van der Waals surface area (Å²) in [6.45, 7) is 2.52. The molecule has 31 heavy (non-hydrogen) atoms. The molecule has 0 bridgehead atoms. The van der Waals surface area contributed by atoms with E-state index in [0.29, 0.717) is 29.6 Å². The first-order valence-corrected chi connectivity index (χ1v) is 10.8. The minimum atomic E-state index is -1.18. The van der Waals surface area contributed by atoms with Crippen molar-refractivity contribution in [3.05, 3.63) is 70.7 Å². The molecule has 1 aliphatic heterocycles. The largest absolute Gasteiger partial charge is 0.344 e. The summed E-state index contributed by atoms with van der Waals surface area (Å²) in [5, 5.41) is 4.24. The number of carbonyl (C=O) groups is 3. The minimum absolute atomic E-state index is 0.0921. The van der Waals surface area contributed by atoms with Gasteiger partial charge in [0.2, 0.25) is 0 Å². The van der Waals surface area contributed by atoms with E-state index in [1.807, 2.05) is 49.4 Å². The van der Waals surface area contributed by atoms with Gasteiger partial charge in [0.05, 0.1) is 6.54 Å². The van der Waals surface area contributed by atoms with Crippen LogP contribution in [0.25, 0.3) is 0 Å². The summed E-state index contributed by atoms with van der Waals surface area (Å²) in [5.41, 5.74) is 3.08. The molecule has 1 aliphatic carbocycles. The molecule has 2 N–H and O–H groups in total. The molecule has 1 saturated carbocycles. The standard InChI is InChI=1S/C23H25ClN4O3/c1-2-23(17-6-4-3-5-7-17)21(30)28(22(31)25-23)26-20(29)15-27(19-12-13-19)14-16-8-10-18(24)11-9-16/h3-11,19H,2,12-15H2,1H3,(H,25,31)(H,26,29). The van der Waals surface area contributed by atoms with E-state index in [0.717, 1.165) is 23.4 Å². The Bertz CT molecular complexity index is 978. The molecular formula is C23H25ClN4O3. The number of hydrogen-bond donors (Lipinski definition) is 2. The van der Waals surface area contributed by atoms with Crippen LogP contribution in [-0.2, 0) is 21.7 Å². The fraction of sp³-hybridized carbons (Fsp3) is 0.348. The van der Waals surface area contributed by atoms with E-state index in [1.165, 1.54) is 0 Å². The normalized spacial score (nSPS) is 20.8. The number of halogens is 1. The second-order valence-corrected chi connectivity index (χ2v) is 8.43. The average Bonchev–Trinajstić information content (AvgIpc) is 3.59. The average molecular weight is 441 g/mol. The van der Waals surface area contributed by atoms with E-state index in [2.05, 4.69) is 15.6 Å². The Hall–Kier alpha value is -2.90. The van der Waals surface area contributed by atoms with E-state index < -0.39 is 23.4 Å². The predicted molar refractivity (Wildman–Crippen MR) is 117 cm³/mol. The number of amides is 4. The number of nitrogens with one attached hydrogen (secondary N) is 2. The number of hydrogen-bond acceptors (Lipinski definition) is 4. The lowest BCUT2D eigenvalue weighted by atomic mass is 9.87. The lowest BCUT2D eigenvalue weighted by Crippen LogP contribution is -2.51. The zero-order valence-corrected chi connectivity index (χ0v) is 18.1. The van der Waals surface area contributed by atoms with E-state index in [9.17, 15) is 14.4 Å². The van der Waals surface area contributed by atoms with Crippen molar-refractivity contribution in [1.82, 2.24) is 20.7 Å². The lowest BCUT2D eigenvalue weighted by molar-refractivity contribution is -0.140. The van der Waals surface area contributed by atoms with Gasteiger partial charge < -0.3 is 5.32 Å². The molecule has 162 valence electrons. The van der Waals surface area contributed by atoms with Crippen LogP contribution >= 0.6 is 11.6 Å². The molecule has 8 heteroatoms. The van der Waals surface area contributed by atoms with E-state index in [4.69, 9.17) is 11.6 Å². The van der Waals surface area contributed by atoms with E-state index in [-0.39, 0.29) is 6.54 Å². The molecule has 2 fully saturated rings. The van der Waals surface area contributed by atoms with Crippen LogP contribution in [0.2, 0.25) is 5.02 Å². The molecule has 4 rings (SSSR count). The van der Waals surface area contributed by atoms with Crippen molar-refractivity contribution in [3.63, 3.8) is 0 Å². The monoisotopic (exact) mass is 440 g/mol. The van der Waals surface area contributed by atoms with Crippen molar-refractivity contribution in [1.29, 1.82) is 0 Å². The summed E-state index contributed by atoms with van der Waals surface area (Å²) >= 11 is 5.96. The maximum Gasteiger partial charge on any atom is 0.344 e. The first-order chi connectivity index (χ1) is 14.9. The number of benzene rings is 2. The Kier molecular flexibility index (Phi) is 5.98. The third kappa shape index (κ3) is 4.43. The fourth-order valence-electron chi connectivity index (χ4n) is 3.96. The van der Waals surface area contributed by atoms with Crippen LogP contribution in [0.3, 0.4) is 0 Å². The van der Waals surface area contributed by atoms with Gasteiger partial charge in [0.25, 0.3) is 11.8 Å². The predicted octanol–water partition coefficient (Wildman–Crippen LogP) is 3.19. The topological polar surface area (TPSA) is 81.8 Å². The molecule has 0 spiro atoms. The summed E-state index contributed by atoms with van der Waals surface area (Å²) in [5.74, 6) is -0.875. The Morgan fingerprint density at radius 2 is 1.84 bits per heavy atom. The number of nitrogens with zero attached hydrogens (tertiary/aromatic N) is 2. The molecule has 4 amide bonds. The number of imide groups is 1. The highest BCUT2D eigenvalue weighted by Crippen LogP contribution is 2.32. The molecule has 1 unspecified atom stereocenters. The molecule has 2 aromatic rings. The van der Waals surface area contributed by atoms with Crippen LogP contribution < -0.4 is 10.7 Å². The highest BCUT2D eigenvalue weighted by molar-refractivity contribution is 6.30. The van der Waals surface area contributed by atoms with E-state index >= 15 is 0 Å². The first kappa shape index (κ1) is 21.3. The van der Waals surface area contributed by atoms with Crippen LogP contribution in [0.5, 0.6) is 0 Å². The number of urea groups is 1. The Morgan fingerprint density at radius 3 is 2.45 bits per heavy atom. The van der Waals surface area contributed by atoms with Crippen LogP contribution in [0.15, 0.2) is 54.6 Å². The Morgan fingerprint density at radius 1 is 1.16 bits per heavy atom. The van der Waals surface area contributed by atoms with E-state index in [1.54, 1.807) is 12.1 Å². The SMILES string of the molecule is CCC1(c2ccccc2)NC(=O)N(NC(=O)CN(Cc2ccc(Cl)cc2)C2CC2)C1=O. The van der Waals surface area contributed by atoms with Gasteiger partial charge in [0, 0.05) is 17.6 Å². The van der Waals surface area contributed by atoms with Crippen molar-refractivity contribution < 1.29 is 14.4 Å². The molecule has 1 saturated heterocycles. The summed E-state index contributed by atoms with van der Waals surface area (Å²) in [7, 11) is 0. The van der Waals surface area contributed by atoms with Gasteiger partial charge in [-0.3, -0.25) is 19.9 Å². The third-order valence-corrected chi connectivity index (χ3v) is 6.09. The lowest BCUT2D eigenvalue weighted by Gasteiger charge is -2.26. The quantitative estimate of drug-likeness (QED) is 0.617. The second-order valence-electron chi connectivity index (χ2n) is 7.99. The summed E-state index contributed by atoms with van der Waals surface area (Å²) in [6, 6.07) is 16.3. The van der Waals surface area contributed by atoms with Crippen molar-refractivity contribution in [2.24, 2.45) is 0 Å². The molecule has 7 nitrogen and oxygen atoms in total. The molecule has 2 aliphatic rings. The van der Waals surface area contributed by atoms with Gasteiger partial charge in [-0.05, 0) is 42.5 Å². The maximum absolute atomic E-state index is 13.2. The van der Waals surface area contributed by atoms with Gasteiger partial charge in [0.1, 0.15) is 5.54 Å². The van der Waals surface area contributed by atoms with Gasteiger partial charge in [-0.25, -0.2) is 4.79 Å². The fourth-order valence-corrected chi connectivity index (χ4v) is 4.09. The molecular weight excluding hydrogens is 416 g/mol. The Balaban J connectivity index is 1.44. The number of hydrazine groups is 1. The number of rotatable bonds is 8. The zero-order chi connectivity index (χ0) is 22.0. The van der Waals surface area contributed by atoms with Crippen molar-refractivity contribution in [3.8, 4) is 0 Å². The maximum atomic E-state index is 13.2. The van der Waals surface area contributed by atoms with Gasteiger partial charge in [0.15, 0.2) is 0 Å². The Labute approximate surface area is 186 Å². The van der Waals surface area contributed by atoms with Crippen molar-refractivity contribution in [2.45, 2.75) is 44.3 Å².